The van der Waals surface area contributed by atoms with Crippen LogP contribution < -0.4 is 4.48 Å². The fraction of sp³-hybridized carbons (Fsp3) is 0.429. The van der Waals surface area contributed by atoms with Gasteiger partial charge in [0, 0.05) is 29.8 Å². The smallest absolute Gasteiger partial charge is 0.260 e. The number of nitrogens with zero attached hydrogens (tertiary/aromatic N) is 2. The van der Waals surface area contributed by atoms with Crippen LogP contribution in [0, 0.1) is 10.1 Å². The van der Waals surface area contributed by atoms with Crippen LogP contribution in [0.1, 0.15) is 33.3 Å². The van der Waals surface area contributed by atoms with E-state index in [9.17, 15) is 10.1 Å². The summed E-state index contributed by atoms with van der Waals surface area (Å²) in [6.45, 7) is 9.66. The van der Waals surface area contributed by atoms with E-state index < -0.39 is 0 Å². The molecule has 0 amide bonds. The molecule has 1 unspecified atom stereocenters. The molecule has 0 aliphatic carbocycles. The first kappa shape index (κ1) is 12.8. The molecule has 1 aromatic rings. The molecule has 1 heterocycles. The molecule has 96 valence electrons. The van der Waals surface area contributed by atoms with Gasteiger partial charge in [-0.25, -0.2) is 0 Å². The molecule has 1 aliphatic rings. The summed E-state index contributed by atoms with van der Waals surface area (Å²) in [6, 6.07) is 5.15. The van der Waals surface area contributed by atoms with E-state index in [4.69, 9.17) is 0 Å². The first-order chi connectivity index (χ1) is 8.32. The molecule has 0 saturated carbocycles. The van der Waals surface area contributed by atoms with Gasteiger partial charge in [-0.3, -0.25) is 14.6 Å². The Hall–Kier alpha value is -1.68. The van der Waals surface area contributed by atoms with E-state index in [2.05, 4.69) is 33.9 Å². The first-order valence-electron chi connectivity index (χ1n) is 6.18. The monoisotopic (exact) mass is 247 g/mol. The van der Waals surface area contributed by atoms with E-state index in [-0.39, 0.29) is 16.1 Å². The van der Waals surface area contributed by atoms with Gasteiger partial charge in [0.25, 0.3) is 5.69 Å². The van der Waals surface area contributed by atoms with Gasteiger partial charge in [0.05, 0.1) is 17.0 Å². The van der Waals surface area contributed by atoms with Crippen molar-refractivity contribution < 1.29 is 4.92 Å². The number of rotatable bonds is 2. The quantitative estimate of drug-likeness (QED) is 0.454. The lowest BCUT2D eigenvalue weighted by atomic mass is 10.0. The standard InChI is InChI=1S/C14H19N2O2/c1-5-16(14(2,3)4)9-8-11-10-12(15(17)18)6-7-13(11)16/h6-10H,5H2,1-4H3/q+1. The van der Waals surface area contributed by atoms with Crippen LogP contribution in [0.15, 0.2) is 24.4 Å². The molecule has 4 nitrogen and oxygen atoms in total. The van der Waals surface area contributed by atoms with Crippen molar-refractivity contribution in [3.05, 3.63) is 40.1 Å². The third-order valence-electron chi connectivity index (χ3n) is 3.86. The number of fused-ring (bicyclic) bond motifs is 1. The summed E-state index contributed by atoms with van der Waals surface area (Å²) in [4.78, 5) is 10.5. The Morgan fingerprint density at radius 1 is 1.33 bits per heavy atom. The minimum absolute atomic E-state index is 0.0344. The molecule has 0 saturated heterocycles. The van der Waals surface area contributed by atoms with E-state index in [0.29, 0.717) is 0 Å². The van der Waals surface area contributed by atoms with Crippen molar-refractivity contribution in [2.24, 2.45) is 0 Å². The first-order valence-corrected chi connectivity index (χ1v) is 6.18. The van der Waals surface area contributed by atoms with Crippen LogP contribution in [0.4, 0.5) is 11.4 Å². The summed E-state index contributed by atoms with van der Waals surface area (Å²) >= 11 is 0. The molecular formula is C14H19N2O2+. The number of non-ortho nitro benzene ring substituents is 1. The third kappa shape index (κ3) is 1.64. The molecule has 4 heteroatoms. The van der Waals surface area contributed by atoms with Crippen LogP contribution in [-0.2, 0) is 0 Å². The van der Waals surface area contributed by atoms with Gasteiger partial charge in [0.2, 0.25) is 0 Å². The van der Waals surface area contributed by atoms with Gasteiger partial charge in [-0.05, 0) is 27.7 Å². The number of hydrogen-bond acceptors (Lipinski definition) is 2. The van der Waals surface area contributed by atoms with Crippen LogP contribution >= 0.6 is 0 Å². The molecule has 0 fully saturated rings. The van der Waals surface area contributed by atoms with Crippen molar-refractivity contribution >= 4 is 17.5 Å². The Morgan fingerprint density at radius 2 is 2.00 bits per heavy atom. The average Bonchev–Trinajstić information content (AvgIpc) is 2.67. The van der Waals surface area contributed by atoms with Crippen molar-refractivity contribution in [3.63, 3.8) is 0 Å². The highest BCUT2D eigenvalue weighted by Crippen LogP contribution is 2.42. The number of nitro groups is 1. The van der Waals surface area contributed by atoms with Crippen molar-refractivity contribution in [2.45, 2.75) is 33.2 Å². The molecule has 1 atom stereocenters. The number of hydrogen-bond donors (Lipinski definition) is 0. The van der Waals surface area contributed by atoms with Gasteiger partial charge in [-0.1, -0.05) is 0 Å². The molecule has 2 rings (SSSR count). The molecular weight excluding hydrogens is 228 g/mol. The van der Waals surface area contributed by atoms with Crippen LogP contribution in [0.25, 0.3) is 6.08 Å². The maximum Gasteiger partial charge on any atom is 0.270 e. The number of benzene rings is 1. The van der Waals surface area contributed by atoms with Crippen molar-refractivity contribution in [1.29, 1.82) is 0 Å². The molecule has 1 aromatic carbocycles. The Bertz CT molecular complexity index is 529. The topological polar surface area (TPSA) is 43.1 Å². The van der Waals surface area contributed by atoms with E-state index in [1.54, 1.807) is 12.1 Å². The van der Waals surface area contributed by atoms with E-state index in [0.717, 1.165) is 22.3 Å². The number of quaternary nitrogens is 1. The summed E-state index contributed by atoms with van der Waals surface area (Å²) < 4.78 is 0.736. The molecule has 0 spiro atoms. The van der Waals surface area contributed by atoms with Crippen molar-refractivity contribution in [3.8, 4) is 0 Å². The van der Waals surface area contributed by atoms with Crippen LogP contribution in [0.5, 0.6) is 0 Å². The lowest BCUT2D eigenvalue weighted by Gasteiger charge is -2.43. The van der Waals surface area contributed by atoms with Crippen molar-refractivity contribution in [2.75, 3.05) is 6.54 Å². The fourth-order valence-corrected chi connectivity index (χ4v) is 2.78. The Balaban J connectivity index is 2.59. The SMILES string of the molecule is CC[N+]1(C(C)(C)C)C=Cc2cc([N+](=O)[O-])ccc21. The van der Waals surface area contributed by atoms with E-state index >= 15 is 0 Å². The van der Waals surface area contributed by atoms with Crippen LogP contribution in [0.2, 0.25) is 0 Å². The zero-order valence-corrected chi connectivity index (χ0v) is 11.3. The third-order valence-corrected chi connectivity index (χ3v) is 3.86. The highest BCUT2D eigenvalue weighted by molar-refractivity contribution is 5.76. The second-order valence-electron chi connectivity index (χ2n) is 5.67. The minimum Gasteiger partial charge on any atom is -0.260 e. The lowest BCUT2D eigenvalue weighted by Crippen LogP contribution is -2.56. The summed E-state index contributed by atoms with van der Waals surface area (Å²) in [5, 5.41) is 10.8. The normalized spacial score (nSPS) is 22.0. The van der Waals surface area contributed by atoms with E-state index in [1.807, 2.05) is 12.1 Å². The highest BCUT2D eigenvalue weighted by atomic mass is 16.6. The molecule has 0 aromatic heterocycles. The van der Waals surface area contributed by atoms with Crippen molar-refractivity contribution in [1.82, 2.24) is 4.48 Å². The Labute approximate surface area is 107 Å². The van der Waals surface area contributed by atoms with Gasteiger partial charge < -0.3 is 0 Å². The molecule has 1 aliphatic heterocycles. The Morgan fingerprint density at radius 3 is 2.50 bits per heavy atom. The van der Waals surface area contributed by atoms with Gasteiger partial charge in [-0.2, -0.15) is 0 Å². The minimum atomic E-state index is -0.343. The van der Waals surface area contributed by atoms with Gasteiger partial charge >= 0.3 is 0 Å². The second kappa shape index (κ2) is 3.92. The van der Waals surface area contributed by atoms with Gasteiger partial charge in [0.15, 0.2) is 0 Å². The highest BCUT2D eigenvalue weighted by Gasteiger charge is 2.43. The summed E-state index contributed by atoms with van der Waals surface area (Å²) in [5.41, 5.74) is 2.30. The zero-order chi connectivity index (χ0) is 13.6. The largest absolute Gasteiger partial charge is 0.270 e. The fourth-order valence-electron chi connectivity index (χ4n) is 2.78. The predicted octanol–water partition coefficient (Wildman–Crippen LogP) is 3.70. The summed E-state index contributed by atoms with van der Waals surface area (Å²) in [7, 11) is 0. The van der Waals surface area contributed by atoms with Crippen LogP contribution in [-0.4, -0.2) is 17.0 Å². The summed E-state index contributed by atoms with van der Waals surface area (Å²) in [6.07, 6.45) is 4.14. The predicted molar refractivity (Wildman–Crippen MR) is 74.2 cm³/mol. The van der Waals surface area contributed by atoms with Gasteiger partial charge in [-0.15, -0.1) is 0 Å². The molecule has 18 heavy (non-hydrogen) atoms. The maximum atomic E-state index is 10.8. The van der Waals surface area contributed by atoms with E-state index in [1.165, 1.54) is 0 Å². The maximum absolute atomic E-state index is 10.8. The second-order valence-corrected chi connectivity index (χ2v) is 5.67. The summed E-state index contributed by atoms with van der Waals surface area (Å²) in [5.74, 6) is 0. The average molecular weight is 247 g/mol. The zero-order valence-electron chi connectivity index (χ0n) is 11.3. The lowest BCUT2D eigenvalue weighted by molar-refractivity contribution is -0.384. The van der Waals surface area contributed by atoms with Crippen LogP contribution in [0.3, 0.4) is 0 Å². The molecule has 0 N–H and O–H groups in total. The molecule has 0 radical (unpaired) electrons. The Kier molecular flexibility index (Phi) is 2.78. The number of nitro benzene ring substituents is 1. The van der Waals surface area contributed by atoms with Gasteiger partial charge in [0.1, 0.15) is 11.9 Å². The molecule has 0 bridgehead atoms.